The molecule has 6 heteroatoms. The Hall–Kier alpha value is -6.01. The highest BCUT2D eigenvalue weighted by atomic mass is 16.3. The van der Waals surface area contributed by atoms with Gasteiger partial charge in [-0.25, -0.2) is 9.55 Å². The number of para-hydroxylation sites is 3. The molecule has 4 heterocycles. The van der Waals surface area contributed by atoms with Crippen LogP contribution < -0.4 is 11.1 Å². The van der Waals surface area contributed by atoms with Gasteiger partial charge >= 0.3 is 0 Å². The monoisotopic (exact) mass is 555 g/mol. The third-order valence-electron chi connectivity index (χ3n) is 8.38. The lowest BCUT2D eigenvalue weighted by atomic mass is 10.0. The number of nitrogens with zero attached hydrogens (tertiary/aromatic N) is 3. The molecule has 0 radical (unpaired) electrons. The van der Waals surface area contributed by atoms with Crippen LogP contribution in [0.25, 0.3) is 76.8 Å². The molecule has 0 amide bonds. The average Bonchev–Trinajstić information content (AvgIpc) is 3.57. The molecule has 0 saturated carbocycles. The van der Waals surface area contributed by atoms with Crippen molar-refractivity contribution in [2.45, 2.75) is 0 Å². The standard InChI is InChI=1S/C37H21N3O3/c41-36-29-20-28-24-14-7-8-16-31(24)43-32(28)21-27(29)25-17-18-30-33(34(25)37(42)40(36)23-12-5-2-6-13-23)26-15-9-19-38-35(26)39(30)22-10-3-1-4-11-22/h1-21H. The summed E-state index contributed by atoms with van der Waals surface area (Å²) in [6.45, 7) is 0. The van der Waals surface area contributed by atoms with Gasteiger partial charge in [0.1, 0.15) is 16.8 Å². The molecule has 0 saturated heterocycles. The number of furan rings is 1. The Labute approximate surface area is 243 Å². The third kappa shape index (κ3) is 3.26. The number of hydrogen-bond donors (Lipinski definition) is 0. The molecule has 6 nitrogen and oxygen atoms in total. The Morgan fingerprint density at radius 2 is 1.19 bits per heavy atom. The first-order chi connectivity index (χ1) is 21.2. The van der Waals surface area contributed by atoms with Crippen molar-refractivity contribution in [3.8, 4) is 11.4 Å². The number of pyridine rings is 1. The first kappa shape index (κ1) is 23.7. The second kappa shape index (κ2) is 8.74. The molecule has 0 aliphatic rings. The van der Waals surface area contributed by atoms with Crippen LogP contribution in [0.15, 0.2) is 142 Å². The number of rotatable bonds is 2. The third-order valence-corrected chi connectivity index (χ3v) is 8.38. The summed E-state index contributed by atoms with van der Waals surface area (Å²) in [5.74, 6) is 0. The van der Waals surface area contributed by atoms with Crippen molar-refractivity contribution in [3.05, 3.63) is 148 Å². The summed E-state index contributed by atoms with van der Waals surface area (Å²) in [5, 5.41) is 5.57. The number of benzene rings is 5. The Kier molecular flexibility index (Phi) is 4.81. The Morgan fingerprint density at radius 1 is 0.488 bits per heavy atom. The summed E-state index contributed by atoms with van der Waals surface area (Å²) >= 11 is 0. The van der Waals surface area contributed by atoms with Gasteiger partial charge in [0, 0.05) is 38.8 Å². The highest BCUT2D eigenvalue weighted by Crippen LogP contribution is 2.38. The van der Waals surface area contributed by atoms with Crippen molar-refractivity contribution in [2.75, 3.05) is 0 Å². The van der Waals surface area contributed by atoms with E-state index < -0.39 is 0 Å². The predicted octanol–water partition coefficient (Wildman–Crippen LogP) is 7.90. The van der Waals surface area contributed by atoms with Gasteiger partial charge in [0.15, 0.2) is 0 Å². The summed E-state index contributed by atoms with van der Waals surface area (Å²) in [4.78, 5) is 34.1. The lowest BCUT2D eigenvalue weighted by Gasteiger charge is -2.07. The number of aromatic nitrogens is 3. The zero-order chi connectivity index (χ0) is 28.7. The Balaban J connectivity index is 1.59. The summed E-state index contributed by atoms with van der Waals surface area (Å²) in [5.41, 5.74) is 3.65. The lowest BCUT2D eigenvalue weighted by molar-refractivity contribution is 0.669. The minimum Gasteiger partial charge on any atom is -0.456 e. The fourth-order valence-corrected chi connectivity index (χ4v) is 6.53. The largest absolute Gasteiger partial charge is 0.456 e. The van der Waals surface area contributed by atoms with E-state index in [1.165, 1.54) is 4.57 Å². The SMILES string of the molecule is O=c1c2cc3c(cc2c2ccc4c(c5cccnc5n4-c4ccccc4)c2c(=O)n1-c1ccccc1)oc1ccccc13. The van der Waals surface area contributed by atoms with E-state index in [4.69, 9.17) is 9.40 Å². The van der Waals surface area contributed by atoms with Crippen molar-refractivity contribution >= 4 is 65.4 Å². The van der Waals surface area contributed by atoms with Crippen LogP contribution in [0.1, 0.15) is 0 Å². The minimum absolute atomic E-state index is 0.382. The summed E-state index contributed by atoms with van der Waals surface area (Å²) in [6.07, 6.45) is 1.76. The molecule has 9 aromatic rings. The molecule has 0 aliphatic carbocycles. The van der Waals surface area contributed by atoms with Gasteiger partial charge in [0.05, 0.1) is 16.6 Å². The summed E-state index contributed by atoms with van der Waals surface area (Å²) in [7, 11) is 0. The second-order valence-corrected chi connectivity index (χ2v) is 10.7. The van der Waals surface area contributed by atoms with Gasteiger partial charge in [-0.3, -0.25) is 14.2 Å². The van der Waals surface area contributed by atoms with Crippen LogP contribution in [0.2, 0.25) is 0 Å². The van der Waals surface area contributed by atoms with Crippen molar-refractivity contribution in [2.24, 2.45) is 0 Å². The van der Waals surface area contributed by atoms with Crippen LogP contribution in [-0.2, 0) is 0 Å². The van der Waals surface area contributed by atoms with E-state index in [9.17, 15) is 9.59 Å². The second-order valence-electron chi connectivity index (χ2n) is 10.7. The molecule has 5 aromatic carbocycles. The molecule has 0 unspecified atom stereocenters. The van der Waals surface area contributed by atoms with Crippen molar-refractivity contribution in [1.82, 2.24) is 14.1 Å². The molecule has 0 N–H and O–H groups in total. The first-order valence-corrected chi connectivity index (χ1v) is 14.1. The average molecular weight is 556 g/mol. The number of hydrogen-bond acceptors (Lipinski definition) is 4. The highest BCUT2D eigenvalue weighted by Gasteiger charge is 2.21. The van der Waals surface area contributed by atoms with E-state index >= 15 is 0 Å². The topological polar surface area (TPSA) is 70.0 Å². The van der Waals surface area contributed by atoms with Crippen LogP contribution in [-0.4, -0.2) is 14.1 Å². The van der Waals surface area contributed by atoms with E-state index in [0.717, 1.165) is 44.0 Å². The maximum absolute atomic E-state index is 14.8. The molecule has 4 aromatic heterocycles. The molecule has 43 heavy (non-hydrogen) atoms. The van der Waals surface area contributed by atoms with Crippen molar-refractivity contribution in [3.63, 3.8) is 0 Å². The Bertz CT molecular complexity index is 2700. The van der Waals surface area contributed by atoms with Gasteiger partial charge < -0.3 is 4.42 Å². The Morgan fingerprint density at radius 3 is 1.98 bits per heavy atom. The summed E-state index contributed by atoms with van der Waals surface area (Å²) < 4.78 is 9.62. The van der Waals surface area contributed by atoms with Crippen LogP contribution in [0, 0.1) is 0 Å². The normalized spacial score (nSPS) is 11.9. The highest BCUT2D eigenvalue weighted by molar-refractivity contribution is 6.25. The fourth-order valence-electron chi connectivity index (χ4n) is 6.53. The van der Waals surface area contributed by atoms with E-state index in [0.29, 0.717) is 32.8 Å². The van der Waals surface area contributed by atoms with Crippen LogP contribution in [0.5, 0.6) is 0 Å². The van der Waals surface area contributed by atoms with Crippen LogP contribution in [0.3, 0.4) is 0 Å². The maximum Gasteiger partial charge on any atom is 0.266 e. The lowest BCUT2D eigenvalue weighted by Crippen LogP contribution is -2.28. The zero-order valence-electron chi connectivity index (χ0n) is 22.7. The van der Waals surface area contributed by atoms with E-state index in [1.54, 1.807) is 18.3 Å². The number of fused-ring (bicyclic) bond motifs is 10. The molecule has 0 bridgehead atoms. The molecule has 0 spiro atoms. The van der Waals surface area contributed by atoms with Gasteiger partial charge in [0.2, 0.25) is 0 Å². The molecule has 9 rings (SSSR count). The fraction of sp³-hybridized carbons (Fsp3) is 0. The maximum atomic E-state index is 14.8. The molecule has 0 fully saturated rings. The quantitative estimate of drug-likeness (QED) is 0.217. The van der Waals surface area contributed by atoms with E-state index in [1.807, 2.05) is 109 Å². The molecule has 202 valence electrons. The van der Waals surface area contributed by atoms with Gasteiger partial charge in [-0.15, -0.1) is 0 Å². The van der Waals surface area contributed by atoms with E-state index in [2.05, 4.69) is 4.57 Å². The van der Waals surface area contributed by atoms with Crippen molar-refractivity contribution < 1.29 is 4.42 Å². The first-order valence-electron chi connectivity index (χ1n) is 14.1. The minimum atomic E-state index is -0.384. The summed E-state index contributed by atoms with van der Waals surface area (Å²) in [6, 6.07) is 38.5. The van der Waals surface area contributed by atoms with E-state index in [-0.39, 0.29) is 11.1 Å². The van der Waals surface area contributed by atoms with Gasteiger partial charge in [-0.1, -0.05) is 60.7 Å². The molecular formula is C37H21N3O3. The van der Waals surface area contributed by atoms with Crippen LogP contribution >= 0.6 is 0 Å². The molecule has 0 aliphatic heterocycles. The zero-order valence-corrected chi connectivity index (χ0v) is 22.7. The predicted molar refractivity (Wildman–Crippen MR) is 173 cm³/mol. The van der Waals surface area contributed by atoms with Gasteiger partial charge in [-0.05, 0) is 71.4 Å². The molecular weight excluding hydrogens is 534 g/mol. The molecule has 0 atom stereocenters. The van der Waals surface area contributed by atoms with Gasteiger partial charge in [0.25, 0.3) is 11.1 Å². The van der Waals surface area contributed by atoms with Gasteiger partial charge in [-0.2, -0.15) is 0 Å². The van der Waals surface area contributed by atoms with Crippen LogP contribution in [0.4, 0.5) is 0 Å². The smallest absolute Gasteiger partial charge is 0.266 e. The van der Waals surface area contributed by atoms with Crippen molar-refractivity contribution in [1.29, 1.82) is 0 Å².